The minimum atomic E-state index is -0.628. The van der Waals surface area contributed by atoms with Crippen molar-refractivity contribution in [2.75, 3.05) is 0 Å². The zero-order valence-corrected chi connectivity index (χ0v) is 11.3. The molecule has 0 N–H and O–H groups in total. The maximum atomic E-state index is 10.9. The minimum Gasteiger partial charge on any atom is -0.423 e. The molecular weight excluding hydrogens is 315 g/mol. The van der Waals surface area contributed by atoms with E-state index in [1.54, 1.807) is 0 Å². The average molecular weight is 319 g/mol. The molecular formula is C10H4Cl2N2O4S. The molecule has 0 saturated heterocycles. The molecule has 0 aliphatic carbocycles. The van der Waals surface area contributed by atoms with Crippen LogP contribution in [0.1, 0.15) is 9.67 Å². The van der Waals surface area contributed by atoms with Gasteiger partial charge in [-0.2, -0.15) is 4.98 Å². The van der Waals surface area contributed by atoms with Gasteiger partial charge >= 0.3 is 5.69 Å². The average Bonchev–Trinajstić information content (AvgIpc) is 2.71. The molecule has 1 aromatic carbocycles. The van der Waals surface area contributed by atoms with Crippen molar-refractivity contribution in [1.29, 1.82) is 0 Å². The fourth-order valence-corrected chi connectivity index (χ4v) is 2.31. The van der Waals surface area contributed by atoms with Crippen LogP contribution in [-0.2, 0) is 0 Å². The van der Waals surface area contributed by atoms with Crippen LogP contribution in [0.25, 0.3) is 0 Å². The molecule has 0 spiro atoms. The molecule has 0 atom stereocenters. The number of rotatable bonds is 4. The summed E-state index contributed by atoms with van der Waals surface area (Å²) >= 11 is 12.2. The third-order valence-electron chi connectivity index (χ3n) is 2.01. The predicted octanol–water partition coefficient (Wildman–Crippen LogP) is 3.96. The molecule has 98 valence electrons. The van der Waals surface area contributed by atoms with E-state index in [0.29, 0.717) is 6.29 Å². The van der Waals surface area contributed by atoms with Gasteiger partial charge in [0.05, 0.1) is 4.92 Å². The van der Waals surface area contributed by atoms with E-state index in [-0.39, 0.29) is 31.7 Å². The molecule has 2 aromatic rings. The maximum absolute atomic E-state index is 10.9. The Bertz CT molecular complexity index is 659. The van der Waals surface area contributed by atoms with Crippen molar-refractivity contribution in [3.63, 3.8) is 0 Å². The largest absolute Gasteiger partial charge is 0.423 e. The van der Waals surface area contributed by atoms with Gasteiger partial charge in [-0.05, 0) is 12.1 Å². The number of aromatic nitrogens is 1. The number of thiazole rings is 1. The first-order chi connectivity index (χ1) is 9.01. The third kappa shape index (κ3) is 3.01. The van der Waals surface area contributed by atoms with Crippen molar-refractivity contribution in [2.45, 2.75) is 0 Å². The van der Waals surface area contributed by atoms with Gasteiger partial charge in [0.1, 0.15) is 4.88 Å². The first kappa shape index (κ1) is 13.7. The molecule has 0 bridgehead atoms. The van der Waals surface area contributed by atoms with Gasteiger partial charge in [-0.25, -0.2) is 0 Å². The lowest BCUT2D eigenvalue weighted by Crippen LogP contribution is -1.93. The molecule has 0 saturated carbocycles. The fraction of sp³-hybridized carbons (Fsp3) is 0. The zero-order chi connectivity index (χ0) is 14.0. The Labute approximate surface area is 120 Å². The summed E-state index contributed by atoms with van der Waals surface area (Å²) < 4.78 is 5.25. The first-order valence-corrected chi connectivity index (χ1v) is 6.32. The summed E-state index contributed by atoms with van der Waals surface area (Å²) in [5.41, 5.74) is -0.300. The third-order valence-corrected chi connectivity index (χ3v) is 3.51. The minimum absolute atomic E-state index is 0.00776. The highest BCUT2D eigenvalue weighted by Crippen LogP contribution is 2.36. The van der Waals surface area contributed by atoms with E-state index in [1.807, 2.05) is 0 Å². The van der Waals surface area contributed by atoms with E-state index in [1.165, 1.54) is 12.1 Å². The van der Waals surface area contributed by atoms with Crippen molar-refractivity contribution < 1.29 is 14.5 Å². The lowest BCUT2D eigenvalue weighted by Gasteiger charge is -2.02. The maximum Gasteiger partial charge on any atom is 0.313 e. The molecule has 1 aromatic heterocycles. The van der Waals surface area contributed by atoms with Crippen LogP contribution in [0.2, 0.25) is 10.2 Å². The predicted molar refractivity (Wildman–Crippen MR) is 70.7 cm³/mol. The first-order valence-electron chi connectivity index (χ1n) is 4.74. The number of nitro benzene ring substituents is 1. The van der Waals surface area contributed by atoms with Crippen LogP contribution in [0.15, 0.2) is 18.2 Å². The van der Waals surface area contributed by atoms with Gasteiger partial charge in [-0.1, -0.05) is 34.5 Å². The van der Waals surface area contributed by atoms with Crippen molar-refractivity contribution in [1.82, 2.24) is 4.98 Å². The van der Waals surface area contributed by atoms with Crippen LogP contribution >= 0.6 is 34.5 Å². The Morgan fingerprint density at radius 1 is 1.42 bits per heavy atom. The summed E-state index contributed by atoms with van der Waals surface area (Å²) in [6.07, 6.45) is 0.531. The number of hydrogen-bond acceptors (Lipinski definition) is 6. The number of hydrogen-bond donors (Lipinski definition) is 0. The molecule has 0 radical (unpaired) electrons. The topological polar surface area (TPSA) is 82.3 Å². The summed E-state index contributed by atoms with van der Waals surface area (Å²) in [6.45, 7) is 0. The molecule has 0 aliphatic rings. The van der Waals surface area contributed by atoms with E-state index in [9.17, 15) is 14.9 Å². The zero-order valence-electron chi connectivity index (χ0n) is 9.00. The van der Waals surface area contributed by atoms with Gasteiger partial charge in [-0.15, -0.1) is 0 Å². The Balaban J connectivity index is 2.37. The Morgan fingerprint density at radius 2 is 2.16 bits per heavy atom. The summed E-state index contributed by atoms with van der Waals surface area (Å²) in [4.78, 5) is 24.8. The van der Waals surface area contributed by atoms with E-state index in [2.05, 4.69) is 4.98 Å². The fourth-order valence-electron chi connectivity index (χ4n) is 1.22. The number of carbonyl (C=O) groups is 1. The standard InChI is InChI=1S/C10H4Cl2N2O4S/c11-5-1-2-7(6(3-5)14(16)17)18-10-13-9(12)8(4-15)19-10/h1-4H. The summed E-state index contributed by atoms with van der Waals surface area (Å²) in [6, 6.07) is 3.95. The van der Waals surface area contributed by atoms with Gasteiger partial charge in [0.2, 0.25) is 5.75 Å². The molecule has 1 heterocycles. The van der Waals surface area contributed by atoms with E-state index < -0.39 is 4.92 Å². The molecule has 6 nitrogen and oxygen atoms in total. The van der Waals surface area contributed by atoms with Crippen LogP contribution in [-0.4, -0.2) is 16.2 Å². The molecule has 2 rings (SSSR count). The molecule has 0 aliphatic heterocycles. The van der Waals surface area contributed by atoms with Gasteiger partial charge < -0.3 is 4.74 Å². The van der Waals surface area contributed by atoms with Crippen LogP contribution in [0.3, 0.4) is 0 Å². The van der Waals surface area contributed by atoms with Crippen molar-refractivity contribution in [3.05, 3.63) is 43.4 Å². The van der Waals surface area contributed by atoms with Crippen LogP contribution in [0.4, 0.5) is 5.69 Å². The lowest BCUT2D eigenvalue weighted by molar-refractivity contribution is -0.385. The number of benzene rings is 1. The molecule has 9 heteroatoms. The Kier molecular flexibility index (Phi) is 3.98. The Hall–Kier alpha value is -1.70. The number of carbonyl (C=O) groups excluding carboxylic acids is 1. The number of aldehydes is 1. The second-order valence-electron chi connectivity index (χ2n) is 3.22. The lowest BCUT2D eigenvalue weighted by atomic mass is 10.3. The summed E-state index contributed by atoms with van der Waals surface area (Å²) in [7, 11) is 0. The smallest absolute Gasteiger partial charge is 0.313 e. The van der Waals surface area contributed by atoms with Crippen LogP contribution in [0, 0.1) is 10.1 Å². The van der Waals surface area contributed by atoms with Crippen molar-refractivity contribution in [3.8, 4) is 10.9 Å². The van der Waals surface area contributed by atoms with Crippen molar-refractivity contribution in [2.24, 2.45) is 0 Å². The van der Waals surface area contributed by atoms with Gasteiger partial charge in [-0.3, -0.25) is 14.9 Å². The summed E-state index contributed by atoms with van der Waals surface area (Å²) in [5.74, 6) is -0.0303. The molecule has 19 heavy (non-hydrogen) atoms. The van der Waals surface area contributed by atoms with E-state index in [0.717, 1.165) is 17.4 Å². The van der Waals surface area contributed by atoms with Gasteiger partial charge in [0.15, 0.2) is 11.4 Å². The van der Waals surface area contributed by atoms with E-state index >= 15 is 0 Å². The molecule has 0 fully saturated rings. The Morgan fingerprint density at radius 3 is 2.74 bits per heavy atom. The highest BCUT2D eigenvalue weighted by atomic mass is 35.5. The van der Waals surface area contributed by atoms with Gasteiger partial charge in [0, 0.05) is 11.1 Å². The number of ether oxygens (including phenoxy) is 1. The highest BCUT2D eigenvalue weighted by Gasteiger charge is 2.19. The van der Waals surface area contributed by atoms with Gasteiger partial charge in [0.25, 0.3) is 5.19 Å². The summed E-state index contributed by atoms with van der Waals surface area (Å²) in [5, 5.41) is 11.1. The van der Waals surface area contributed by atoms with Crippen molar-refractivity contribution >= 4 is 46.5 Å². The second kappa shape index (κ2) is 5.52. The van der Waals surface area contributed by atoms with Crippen LogP contribution in [0.5, 0.6) is 10.9 Å². The second-order valence-corrected chi connectivity index (χ2v) is 5.01. The number of nitrogens with zero attached hydrogens (tertiary/aromatic N) is 2. The highest BCUT2D eigenvalue weighted by molar-refractivity contribution is 7.15. The monoisotopic (exact) mass is 318 g/mol. The number of halogens is 2. The normalized spacial score (nSPS) is 10.2. The molecule has 0 amide bonds. The number of nitro groups is 1. The van der Waals surface area contributed by atoms with Crippen LogP contribution < -0.4 is 4.74 Å². The van der Waals surface area contributed by atoms with E-state index in [4.69, 9.17) is 27.9 Å². The quantitative estimate of drug-likeness (QED) is 0.484. The molecule has 0 unspecified atom stereocenters. The SMILES string of the molecule is O=Cc1sc(Oc2ccc(Cl)cc2[N+](=O)[O-])nc1Cl.